The highest BCUT2D eigenvalue weighted by atomic mass is 19.1. The summed E-state index contributed by atoms with van der Waals surface area (Å²) < 4.78 is 20.9. The number of halogens is 1. The van der Waals surface area contributed by atoms with Gasteiger partial charge in [0.2, 0.25) is 0 Å². The number of aliphatic hydroxyl groups is 1. The van der Waals surface area contributed by atoms with Crippen LogP contribution in [-0.2, 0) is 17.8 Å². The molecule has 0 bridgehead atoms. The van der Waals surface area contributed by atoms with Gasteiger partial charge in [-0.2, -0.15) is 0 Å². The van der Waals surface area contributed by atoms with E-state index in [0.29, 0.717) is 13.1 Å². The minimum Gasteiger partial charge on any atom is -0.392 e. The van der Waals surface area contributed by atoms with Gasteiger partial charge in [-0.25, -0.2) is 4.39 Å². The summed E-state index contributed by atoms with van der Waals surface area (Å²) in [6.45, 7) is 11.3. The molecular formula is C24H34FN3O2. The predicted octanol–water partition coefficient (Wildman–Crippen LogP) is 3.14. The van der Waals surface area contributed by atoms with Crippen LogP contribution in [0.3, 0.4) is 0 Å². The highest BCUT2D eigenvalue weighted by Crippen LogP contribution is 2.13. The van der Waals surface area contributed by atoms with Crippen molar-refractivity contribution in [1.29, 1.82) is 0 Å². The Kier molecular flexibility index (Phi) is 9.08. The van der Waals surface area contributed by atoms with Gasteiger partial charge in [0.25, 0.3) is 0 Å². The lowest BCUT2D eigenvalue weighted by molar-refractivity contribution is 0.0286. The second-order valence-corrected chi connectivity index (χ2v) is 7.96. The molecular weight excluding hydrogens is 381 g/mol. The molecule has 1 unspecified atom stereocenters. The van der Waals surface area contributed by atoms with Crippen molar-refractivity contribution in [2.75, 3.05) is 45.9 Å². The summed E-state index contributed by atoms with van der Waals surface area (Å²) in [5.74, 6) is -0.214. The lowest BCUT2D eigenvalue weighted by atomic mass is 10.1. The second-order valence-electron chi connectivity index (χ2n) is 7.96. The van der Waals surface area contributed by atoms with E-state index in [4.69, 9.17) is 4.74 Å². The molecule has 1 aromatic heterocycles. The van der Waals surface area contributed by atoms with E-state index in [-0.39, 0.29) is 11.9 Å². The van der Waals surface area contributed by atoms with Gasteiger partial charge in [-0.1, -0.05) is 18.2 Å². The van der Waals surface area contributed by atoms with Gasteiger partial charge in [-0.05, 0) is 42.7 Å². The number of allylic oxidation sites excluding steroid dienone is 1. The van der Waals surface area contributed by atoms with E-state index in [2.05, 4.69) is 33.2 Å². The molecule has 1 aromatic carbocycles. The lowest BCUT2D eigenvalue weighted by Gasteiger charge is -2.31. The minimum absolute atomic E-state index is 0.214. The number of nitrogens with zero attached hydrogens (tertiary/aromatic N) is 3. The topological polar surface area (TPSA) is 40.9 Å². The van der Waals surface area contributed by atoms with Gasteiger partial charge in [0.15, 0.2) is 0 Å². The molecule has 164 valence electrons. The average Bonchev–Trinajstić information content (AvgIpc) is 3.19. The zero-order valence-corrected chi connectivity index (χ0v) is 17.8. The van der Waals surface area contributed by atoms with Gasteiger partial charge in [0.05, 0.1) is 19.3 Å². The fourth-order valence-electron chi connectivity index (χ4n) is 3.80. The Morgan fingerprint density at radius 3 is 2.70 bits per heavy atom. The van der Waals surface area contributed by atoms with E-state index < -0.39 is 0 Å². The summed E-state index contributed by atoms with van der Waals surface area (Å²) in [6.07, 6.45) is 5.10. The van der Waals surface area contributed by atoms with Crippen LogP contribution in [-0.4, -0.2) is 71.5 Å². The Labute approximate surface area is 179 Å². The molecule has 0 saturated carbocycles. The number of ether oxygens (including phenoxy) is 1. The number of morpholine rings is 1. The maximum absolute atomic E-state index is 13.2. The standard InChI is InChI=1S/C24H34FN3O2/c1-2-3-6-24(29)20-27(13-12-26-14-16-30-17-15-26)19-23-5-4-11-28(23)18-21-7-9-22(25)10-8-21/h2,4-5,7-11,24,29H,1,3,6,12-20H2. The molecule has 1 atom stereocenters. The summed E-state index contributed by atoms with van der Waals surface area (Å²) in [6, 6.07) is 10.8. The van der Waals surface area contributed by atoms with Gasteiger partial charge in [0.1, 0.15) is 5.82 Å². The first kappa shape index (κ1) is 22.7. The van der Waals surface area contributed by atoms with E-state index in [1.165, 1.54) is 17.8 Å². The first-order chi connectivity index (χ1) is 14.6. The van der Waals surface area contributed by atoms with Crippen molar-refractivity contribution >= 4 is 0 Å². The van der Waals surface area contributed by atoms with E-state index in [1.807, 2.05) is 24.3 Å². The number of hydrogen-bond acceptors (Lipinski definition) is 4. The zero-order valence-electron chi connectivity index (χ0n) is 17.8. The van der Waals surface area contributed by atoms with E-state index in [0.717, 1.165) is 64.3 Å². The summed E-state index contributed by atoms with van der Waals surface area (Å²) in [4.78, 5) is 4.75. The van der Waals surface area contributed by atoms with Gasteiger partial charge in [-0.3, -0.25) is 9.80 Å². The first-order valence-corrected chi connectivity index (χ1v) is 10.8. The maximum Gasteiger partial charge on any atom is 0.123 e. The number of aromatic nitrogens is 1. The Bertz CT molecular complexity index is 756. The van der Waals surface area contributed by atoms with Crippen LogP contribution in [0, 0.1) is 5.82 Å². The normalized spacial score (nSPS) is 16.1. The van der Waals surface area contributed by atoms with E-state index in [9.17, 15) is 9.50 Å². The van der Waals surface area contributed by atoms with Crippen molar-refractivity contribution in [3.05, 3.63) is 72.3 Å². The third kappa shape index (κ3) is 7.36. The Balaban J connectivity index is 1.62. The highest BCUT2D eigenvalue weighted by molar-refractivity contribution is 5.18. The summed E-state index contributed by atoms with van der Waals surface area (Å²) in [7, 11) is 0. The molecule has 0 radical (unpaired) electrons. The molecule has 3 rings (SSSR count). The van der Waals surface area contributed by atoms with Crippen LogP contribution in [0.1, 0.15) is 24.1 Å². The lowest BCUT2D eigenvalue weighted by Crippen LogP contribution is -2.43. The fourth-order valence-corrected chi connectivity index (χ4v) is 3.80. The van der Waals surface area contributed by atoms with Gasteiger partial charge in [-0.15, -0.1) is 6.58 Å². The van der Waals surface area contributed by atoms with Crippen molar-refractivity contribution < 1.29 is 14.2 Å². The van der Waals surface area contributed by atoms with Crippen molar-refractivity contribution in [2.24, 2.45) is 0 Å². The van der Waals surface area contributed by atoms with Crippen LogP contribution in [0.5, 0.6) is 0 Å². The van der Waals surface area contributed by atoms with Crippen LogP contribution in [0.25, 0.3) is 0 Å². The van der Waals surface area contributed by atoms with Crippen LogP contribution in [0.2, 0.25) is 0 Å². The van der Waals surface area contributed by atoms with Crippen molar-refractivity contribution in [3.63, 3.8) is 0 Å². The van der Waals surface area contributed by atoms with Gasteiger partial charge >= 0.3 is 0 Å². The summed E-state index contributed by atoms with van der Waals surface area (Å²) in [5, 5.41) is 10.5. The molecule has 1 aliphatic rings. The molecule has 1 N–H and O–H groups in total. The highest BCUT2D eigenvalue weighted by Gasteiger charge is 2.17. The molecule has 0 amide bonds. The zero-order chi connectivity index (χ0) is 21.2. The van der Waals surface area contributed by atoms with Crippen molar-refractivity contribution in [3.8, 4) is 0 Å². The number of benzene rings is 1. The molecule has 0 aliphatic carbocycles. The molecule has 1 saturated heterocycles. The second kappa shape index (κ2) is 12.0. The van der Waals surface area contributed by atoms with Crippen molar-refractivity contribution in [1.82, 2.24) is 14.4 Å². The largest absolute Gasteiger partial charge is 0.392 e. The quantitative estimate of drug-likeness (QED) is 0.541. The monoisotopic (exact) mass is 415 g/mol. The predicted molar refractivity (Wildman–Crippen MR) is 118 cm³/mol. The third-order valence-corrected chi connectivity index (χ3v) is 5.58. The fraction of sp³-hybridized carbons (Fsp3) is 0.500. The molecule has 2 heterocycles. The average molecular weight is 416 g/mol. The molecule has 2 aromatic rings. The van der Waals surface area contributed by atoms with Crippen LogP contribution in [0.4, 0.5) is 4.39 Å². The summed E-state index contributed by atoms with van der Waals surface area (Å²) in [5.41, 5.74) is 2.26. The molecule has 30 heavy (non-hydrogen) atoms. The van der Waals surface area contributed by atoms with Crippen molar-refractivity contribution in [2.45, 2.75) is 32.0 Å². The SMILES string of the molecule is C=CCCC(O)CN(CCN1CCOCC1)Cc1cccn1Cc1ccc(F)cc1. The van der Waals surface area contributed by atoms with E-state index >= 15 is 0 Å². The number of hydrogen-bond donors (Lipinski definition) is 1. The molecule has 0 spiro atoms. The minimum atomic E-state index is -0.367. The van der Waals surface area contributed by atoms with Crippen LogP contribution in [0.15, 0.2) is 55.3 Å². The summed E-state index contributed by atoms with van der Waals surface area (Å²) >= 11 is 0. The first-order valence-electron chi connectivity index (χ1n) is 10.8. The Hall–Kier alpha value is -1.99. The molecule has 6 heteroatoms. The molecule has 1 aliphatic heterocycles. The smallest absolute Gasteiger partial charge is 0.123 e. The van der Waals surface area contributed by atoms with Crippen LogP contribution < -0.4 is 0 Å². The molecule has 5 nitrogen and oxygen atoms in total. The Morgan fingerprint density at radius 2 is 1.97 bits per heavy atom. The third-order valence-electron chi connectivity index (χ3n) is 5.58. The number of aliphatic hydroxyl groups excluding tert-OH is 1. The van der Waals surface area contributed by atoms with Crippen LogP contribution >= 0.6 is 0 Å². The Morgan fingerprint density at radius 1 is 1.20 bits per heavy atom. The van der Waals surface area contributed by atoms with E-state index in [1.54, 1.807) is 0 Å². The van der Waals surface area contributed by atoms with Gasteiger partial charge < -0.3 is 14.4 Å². The maximum atomic E-state index is 13.2. The number of rotatable bonds is 12. The van der Waals surface area contributed by atoms with Gasteiger partial charge in [0, 0.05) is 57.7 Å². The molecule has 1 fully saturated rings.